The lowest BCUT2D eigenvalue weighted by molar-refractivity contribution is 0.650. The van der Waals surface area contributed by atoms with Crippen molar-refractivity contribution < 1.29 is 0 Å². The van der Waals surface area contributed by atoms with Gasteiger partial charge < -0.3 is 5.73 Å². The molecule has 4 nitrogen and oxygen atoms in total. The molecule has 0 saturated heterocycles. The Morgan fingerprint density at radius 2 is 2.43 bits per heavy atom. The number of allylic oxidation sites excluding steroid dienone is 1. The van der Waals surface area contributed by atoms with Crippen LogP contribution in [0.5, 0.6) is 0 Å². The van der Waals surface area contributed by atoms with Gasteiger partial charge in [-0.1, -0.05) is 0 Å². The highest BCUT2D eigenvalue weighted by Crippen LogP contribution is 2.40. The quantitative estimate of drug-likeness (QED) is 0.597. The first-order valence-corrected chi connectivity index (χ1v) is 5.43. The Morgan fingerprint density at radius 3 is 3.36 bits per heavy atom. The molecular weight excluding hydrogens is 196 g/mol. The minimum absolute atomic E-state index is 0.208. The highest BCUT2D eigenvalue weighted by atomic mass is 32.2. The maximum atomic E-state index is 5.93. The molecule has 0 saturated carbocycles. The summed E-state index contributed by atoms with van der Waals surface area (Å²) in [5.41, 5.74) is 8.84. The summed E-state index contributed by atoms with van der Waals surface area (Å²) in [6.45, 7) is 0.636. The van der Waals surface area contributed by atoms with Crippen molar-refractivity contribution in [2.24, 2.45) is 15.7 Å². The van der Waals surface area contributed by atoms with Gasteiger partial charge in [-0.15, -0.1) is 11.8 Å². The number of rotatable bonds is 0. The molecule has 1 atom stereocenters. The summed E-state index contributed by atoms with van der Waals surface area (Å²) < 4.78 is 0. The van der Waals surface area contributed by atoms with Crippen LogP contribution >= 0.6 is 11.8 Å². The van der Waals surface area contributed by atoms with Gasteiger partial charge in [0.2, 0.25) is 0 Å². The first kappa shape index (κ1) is 8.26. The van der Waals surface area contributed by atoms with E-state index in [2.05, 4.69) is 15.3 Å². The number of nitrogens with one attached hydrogen (secondary N) is 1. The van der Waals surface area contributed by atoms with Gasteiger partial charge in [0.1, 0.15) is 4.87 Å². The molecule has 0 aromatic carbocycles. The first-order valence-electron chi connectivity index (χ1n) is 4.45. The summed E-state index contributed by atoms with van der Waals surface area (Å²) >= 11 is 1.77. The summed E-state index contributed by atoms with van der Waals surface area (Å²) in [4.78, 5) is 8.43. The van der Waals surface area contributed by atoms with Gasteiger partial charge in [0.05, 0.1) is 18.3 Å². The predicted octanol–water partition coefficient (Wildman–Crippen LogP) is 0.242. The molecule has 14 heavy (non-hydrogen) atoms. The molecule has 1 unspecified atom stereocenters. The third-order valence-electron chi connectivity index (χ3n) is 2.63. The Balaban J connectivity index is 2.22. The molecule has 72 valence electrons. The maximum Gasteiger partial charge on any atom is 0.139 e. The highest BCUT2D eigenvalue weighted by molar-refractivity contribution is 8.02. The molecule has 0 radical (unpaired) electrons. The second-order valence-corrected chi connectivity index (χ2v) is 4.51. The Kier molecular flexibility index (Phi) is 1.60. The van der Waals surface area contributed by atoms with Gasteiger partial charge in [-0.3, -0.25) is 15.3 Å². The Morgan fingerprint density at radius 1 is 1.50 bits per heavy atom. The van der Waals surface area contributed by atoms with Crippen molar-refractivity contribution in [1.29, 1.82) is 0 Å². The van der Waals surface area contributed by atoms with Crippen molar-refractivity contribution in [2.45, 2.75) is 4.87 Å². The summed E-state index contributed by atoms with van der Waals surface area (Å²) in [7, 11) is 0. The molecule has 1 aliphatic carbocycles. The number of hydrogen-bond acceptors (Lipinski definition) is 5. The normalized spacial score (nSPS) is 34.1. The Hall–Kier alpha value is -1.07. The van der Waals surface area contributed by atoms with E-state index in [-0.39, 0.29) is 4.87 Å². The lowest BCUT2D eigenvalue weighted by atomic mass is 9.94. The largest absolute Gasteiger partial charge is 0.398 e. The average Bonchev–Trinajstić information content (AvgIpc) is 2.61. The van der Waals surface area contributed by atoms with E-state index in [1.807, 2.05) is 18.4 Å². The van der Waals surface area contributed by atoms with Crippen molar-refractivity contribution in [2.75, 3.05) is 12.5 Å². The van der Waals surface area contributed by atoms with Crippen molar-refractivity contribution in [1.82, 2.24) is 5.32 Å². The zero-order chi connectivity index (χ0) is 9.60. The predicted molar refractivity (Wildman–Crippen MR) is 59.5 cm³/mol. The molecule has 3 rings (SSSR count). The summed E-state index contributed by atoms with van der Waals surface area (Å²) in [5.74, 6) is 0.789. The van der Waals surface area contributed by atoms with Gasteiger partial charge in [-0.2, -0.15) is 0 Å². The Labute approximate surface area is 86.1 Å². The smallest absolute Gasteiger partial charge is 0.139 e. The second-order valence-electron chi connectivity index (χ2n) is 3.35. The van der Waals surface area contributed by atoms with Gasteiger partial charge in [0.25, 0.3) is 0 Å². The molecule has 0 fully saturated rings. The van der Waals surface area contributed by atoms with Crippen LogP contribution in [0.4, 0.5) is 0 Å². The van der Waals surface area contributed by atoms with Gasteiger partial charge in [0.15, 0.2) is 0 Å². The van der Waals surface area contributed by atoms with E-state index >= 15 is 0 Å². The van der Waals surface area contributed by atoms with Crippen LogP contribution in [0.2, 0.25) is 0 Å². The van der Waals surface area contributed by atoms with Crippen LogP contribution in [-0.4, -0.2) is 29.3 Å². The third-order valence-corrected chi connectivity index (χ3v) is 3.89. The zero-order valence-electron chi connectivity index (χ0n) is 7.53. The topological polar surface area (TPSA) is 62.8 Å². The molecule has 2 heterocycles. The van der Waals surface area contributed by atoms with Crippen molar-refractivity contribution >= 4 is 23.7 Å². The average molecular weight is 206 g/mol. The van der Waals surface area contributed by atoms with Crippen molar-refractivity contribution in [3.63, 3.8) is 0 Å². The van der Waals surface area contributed by atoms with E-state index in [1.54, 1.807) is 11.8 Å². The minimum atomic E-state index is -0.208. The molecule has 0 aromatic heterocycles. The van der Waals surface area contributed by atoms with E-state index in [1.165, 1.54) is 0 Å². The second kappa shape index (κ2) is 2.71. The van der Waals surface area contributed by atoms with E-state index < -0.39 is 0 Å². The number of hydrogen-bond donors (Lipinski definition) is 2. The Bertz CT molecular complexity index is 407. The molecule has 2 aliphatic heterocycles. The van der Waals surface area contributed by atoms with Crippen LogP contribution in [0.1, 0.15) is 0 Å². The lowest BCUT2D eigenvalue weighted by Crippen LogP contribution is -2.53. The van der Waals surface area contributed by atoms with E-state index in [0.717, 1.165) is 22.9 Å². The summed E-state index contributed by atoms with van der Waals surface area (Å²) in [5, 5.41) is 3.37. The minimum Gasteiger partial charge on any atom is -0.398 e. The van der Waals surface area contributed by atoms with E-state index in [9.17, 15) is 0 Å². The molecular formula is C9H10N4S. The fourth-order valence-corrected chi connectivity index (χ4v) is 3.10. The number of nitrogens with two attached hydrogens (primary N) is 1. The number of aliphatic imine (C=N–C) groups is 2. The van der Waals surface area contributed by atoms with Gasteiger partial charge in [0, 0.05) is 17.5 Å². The van der Waals surface area contributed by atoms with Crippen LogP contribution in [-0.2, 0) is 0 Å². The van der Waals surface area contributed by atoms with E-state index in [4.69, 9.17) is 5.73 Å². The highest BCUT2D eigenvalue weighted by Gasteiger charge is 2.45. The molecule has 0 aromatic rings. The zero-order valence-corrected chi connectivity index (χ0v) is 8.34. The monoisotopic (exact) mass is 206 g/mol. The first-order chi connectivity index (χ1) is 6.83. The van der Waals surface area contributed by atoms with Crippen LogP contribution in [0, 0.1) is 0 Å². The fraction of sp³-hybridized carbons (Fsp3) is 0.333. The maximum absolute atomic E-state index is 5.93. The summed E-state index contributed by atoms with van der Waals surface area (Å²) in [6, 6.07) is 0. The van der Waals surface area contributed by atoms with Crippen molar-refractivity contribution in [3.8, 4) is 0 Å². The molecule has 3 N–H and O–H groups in total. The SMILES string of the molecule is NC1=C2C=NCNC23SCN=C3C=C1. The molecule has 0 amide bonds. The molecule has 1 spiro atoms. The van der Waals surface area contributed by atoms with Crippen LogP contribution in [0.3, 0.4) is 0 Å². The summed E-state index contributed by atoms with van der Waals surface area (Å²) in [6.07, 6.45) is 5.76. The lowest BCUT2D eigenvalue weighted by Gasteiger charge is -2.35. The van der Waals surface area contributed by atoms with Crippen LogP contribution in [0.15, 0.2) is 33.4 Å². The van der Waals surface area contributed by atoms with Crippen LogP contribution < -0.4 is 11.1 Å². The fourth-order valence-electron chi connectivity index (χ4n) is 1.93. The van der Waals surface area contributed by atoms with E-state index in [0.29, 0.717) is 6.67 Å². The molecule has 5 heteroatoms. The van der Waals surface area contributed by atoms with Gasteiger partial charge >= 0.3 is 0 Å². The number of nitrogens with zero attached hydrogens (tertiary/aromatic N) is 2. The standard InChI is InChI=1S/C9H10N4S/c10-7-1-2-8-9(14-5-12-8)6(7)3-11-4-13-9/h1-3,13H,4-5,10H2. The van der Waals surface area contributed by atoms with Gasteiger partial charge in [-0.25, -0.2) is 0 Å². The molecule has 3 aliphatic rings. The molecule has 0 bridgehead atoms. The van der Waals surface area contributed by atoms with Gasteiger partial charge in [-0.05, 0) is 12.2 Å². The number of thioether (sulfide) groups is 1. The van der Waals surface area contributed by atoms with Crippen LogP contribution in [0.25, 0.3) is 0 Å². The third kappa shape index (κ3) is 0.883. The van der Waals surface area contributed by atoms with Crippen molar-refractivity contribution in [3.05, 3.63) is 23.4 Å².